The molecule has 180 valence electrons. The zero-order valence-corrected chi connectivity index (χ0v) is 20.6. The summed E-state index contributed by atoms with van der Waals surface area (Å²) in [7, 11) is -3.41. The van der Waals surface area contributed by atoms with E-state index in [0.717, 1.165) is 57.8 Å². The summed E-state index contributed by atoms with van der Waals surface area (Å²) in [4.78, 5) is 4.76. The maximum absolute atomic E-state index is 13.8. The number of aryl methyl sites for hydroxylation is 2. The van der Waals surface area contributed by atoms with Gasteiger partial charge in [0.1, 0.15) is 5.54 Å². The molecule has 0 bridgehead atoms. The van der Waals surface area contributed by atoms with Gasteiger partial charge < -0.3 is 4.52 Å². The third-order valence-corrected chi connectivity index (χ3v) is 10.8. The van der Waals surface area contributed by atoms with Crippen LogP contribution in [0.1, 0.15) is 88.4 Å². The van der Waals surface area contributed by atoms with E-state index >= 15 is 0 Å². The summed E-state index contributed by atoms with van der Waals surface area (Å²) in [5.74, 6) is 2.18. The number of hydrogen-bond donors (Lipinski definition) is 0. The highest BCUT2D eigenvalue weighted by Gasteiger charge is 2.55. The van der Waals surface area contributed by atoms with E-state index < -0.39 is 15.6 Å². The van der Waals surface area contributed by atoms with Crippen LogP contribution < -0.4 is 0 Å². The number of nitrogens with zero attached hydrogens (tertiary/aromatic N) is 3. The van der Waals surface area contributed by atoms with Crippen LogP contribution in [0.25, 0.3) is 0 Å². The van der Waals surface area contributed by atoms with E-state index in [1.807, 2.05) is 13.0 Å². The molecule has 0 amide bonds. The van der Waals surface area contributed by atoms with Gasteiger partial charge in [0, 0.05) is 13.0 Å². The van der Waals surface area contributed by atoms with Crippen LogP contribution >= 0.6 is 0 Å². The maximum Gasteiger partial charge on any atom is 0.247 e. The highest BCUT2D eigenvalue weighted by molar-refractivity contribution is 7.89. The number of benzene rings is 1. The van der Waals surface area contributed by atoms with Gasteiger partial charge in [-0.25, -0.2) is 8.42 Å². The number of hydrogen-bond acceptors (Lipinski definition) is 5. The molecule has 1 saturated heterocycles. The van der Waals surface area contributed by atoms with Crippen molar-refractivity contribution < 1.29 is 12.9 Å². The SMILES string of the molecule is CC1(c2nc(CCCc3ccccc3)no2)CC(C2CCC2)CN1S(=O)(=O)C1CCCCC1. The van der Waals surface area contributed by atoms with Crippen LogP contribution in [0, 0.1) is 11.8 Å². The third-order valence-electron chi connectivity index (χ3n) is 8.35. The molecular formula is C26H37N3O3S. The van der Waals surface area contributed by atoms with E-state index in [4.69, 9.17) is 9.51 Å². The molecule has 1 aromatic heterocycles. The molecule has 6 nitrogen and oxygen atoms in total. The van der Waals surface area contributed by atoms with E-state index in [9.17, 15) is 8.42 Å². The summed E-state index contributed by atoms with van der Waals surface area (Å²) >= 11 is 0. The summed E-state index contributed by atoms with van der Waals surface area (Å²) in [6.07, 6.45) is 11.8. The minimum absolute atomic E-state index is 0.265. The summed E-state index contributed by atoms with van der Waals surface area (Å²) in [6, 6.07) is 10.4. The first-order valence-corrected chi connectivity index (χ1v) is 14.4. The second-order valence-electron chi connectivity index (χ2n) is 10.6. The minimum atomic E-state index is -3.41. The molecule has 2 heterocycles. The molecule has 3 fully saturated rings. The summed E-state index contributed by atoms with van der Waals surface area (Å²) in [6.45, 7) is 2.62. The van der Waals surface area contributed by atoms with Crippen LogP contribution in [0.4, 0.5) is 0 Å². The molecular weight excluding hydrogens is 434 g/mol. The van der Waals surface area contributed by atoms with Crippen molar-refractivity contribution in [2.24, 2.45) is 11.8 Å². The van der Waals surface area contributed by atoms with Gasteiger partial charge in [0.05, 0.1) is 5.25 Å². The number of aromatic nitrogens is 2. The monoisotopic (exact) mass is 471 g/mol. The van der Waals surface area contributed by atoms with E-state index in [1.165, 1.54) is 24.8 Å². The van der Waals surface area contributed by atoms with Crippen molar-refractivity contribution in [2.75, 3.05) is 6.54 Å². The number of rotatable bonds is 8. The Morgan fingerprint density at radius 1 is 1.00 bits per heavy atom. The quantitative estimate of drug-likeness (QED) is 0.526. The maximum atomic E-state index is 13.8. The van der Waals surface area contributed by atoms with Gasteiger partial charge in [-0.2, -0.15) is 9.29 Å². The highest BCUT2D eigenvalue weighted by atomic mass is 32.2. The molecule has 3 aliphatic rings. The fourth-order valence-corrected chi connectivity index (χ4v) is 8.51. The molecule has 5 rings (SSSR count). The Kier molecular flexibility index (Phi) is 6.62. The van der Waals surface area contributed by atoms with Crippen LogP contribution in [0.3, 0.4) is 0 Å². The predicted molar refractivity (Wildman–Crippen MR) is 128 cm³/mol. The molecule has 1 aromatic carbocycles. The molecule has 2 aliphatic carbocycles. The Labute approximate surface area is 198 Å². The van der Waals surface area contributed by atoms with Crippen LogP contribution in [0.2, 0.25) is 0 Å². The second-order valence-corrected chi connectivity index (χ2v) is 12.8. The Morgan fingerprint density at radius 3 is 2.45 bits per heavy atom. The standard InChI is InChI=1S/C26H37N3O3S/c1-26(25-27-24(28-32-25)17-8-12-20-10-4-2-5-11-20)18-22(21-13-9-14-21)19-29(26)33(30,31)23-15-6-3-7-16-23/h2,4-5,10-11,21-23H,3,6-9,12-19H2,1H3. The Bertz CT molecular complexity index is 1030. The highest BCUT2D eigenvalue weighted by Crippen LogP contribution is 2.50. The van der Waals surface area contributed by atoms with Crippen LogP contribution in [0.5, 0.6) is 0 Å². The second kappa shape index (κ2) is 9.49. The lowest BCUT2D eigenvalue weighted by Crippen LogP contribution is -2.47. The van der Waals surface area contributed by atoms with Gasteiger partial charge >= 0.3 is 0 Å². The van der Waals surface area contributed by atoms with Crippen molar-refractivity contribution in [1.29, 1.82) is 0 Å². The lowest BCUT2D eigenvalue weighted by atomic mass is 9.74. The summed E-state index contributed by atoms with van der Waals surface area (Å²) in [5, 5.41) is 4.00. The van der Waals surface area contributed by atoms with Gasteiger partial charge in [0.2, 0.25) is 15.9 Å². The normalized spacial score (nSPS) is 27.6. The Balaban J connectivity index is 1.34. The topological polar surface area (TPSA) is 76.3 Å². The zero-order valence-electron chi connectivity index (χ0n) is 19.8. The van der Waals surface area contributed by atoms with Crippen molar-refractivity contribution in [1.82, 2.24) is 14.4 Å². The number of sulfonamides is 1. The van der Waals surface area contributed by atoms with Crippen molar-refractivity contribution in [3.05, 3.63) is 47.6 Å². The molecule has 7 heteroatoms. The van der Waals surface area contributed by atoms with Gasteiger partial charge in [0.25, 0.3) is 0 Å². The van der Waals surface area contributed by atoms with Crippen molar-refractivity contribution in [2.45, 2.75) is 94.8 Å². The van der Waals surface area contributed by atoms with Gasteiger partial charge in [-0.1, -0.05) is 74.0 Å². The zero-order chi connectivity index (χ0) is 22.9. The first-order valence-electron chi connectivity index (χ1n) is 12.9. The van der Waals surface area contributed by atoms with E-state index in [-0.39, 0.29) is 5.25 Å². The van der Waals surface area contributed by atoms with Crippen molar-refractivity contribution >= 4 is 10.0 Å². The lowest BCUT2D eigenvalue weighted by molar-refractivity contribution is 0.185. The average Bonchev–Trinajstić information content (AvgIpc) is 3.40. The molecule has 1 aliphatic heterocycles. The molecule has 2 unspecified atom stereocenters. The largest absolute Gasteiger partial charge is 0.337 e. The Morgan fingerprint density at radius 2 is 1.76 bits per heavy atom. The summed E-state index contributed by atoms with van der Waals surface area (Å²) in [5.41, 5.74) is 0.568. The first kappa shape index (κ1) is 23.0. The smallest absolute Gasteiger partial charge is 0.247 e. The minimum Gasteiger partial charge on any atom is -0.337 e. The molecule has 0 N–H and O–H groups in total. The molecule has 0 spiro atoms. The average molecular weight is 472 g/mol. The predicted octanol–water partition coefficient (Wildman–Crippen LogP) is 5.24. The Hall–Kier alpha value is -1.73. The summed E-state index contributed by atoms with van der Waals surface area (Å²) < 4.78 is 35.2. The first-order chi connectivity index (χ1) is 16.0. The van der Waals surface area contributed by atoms with Crippen LogP contribution in [-0.2, 0) is 28.4 Å². The van der Waals surface area contributed by atoms with Crippen LogP contribution in [0.15, 0.2) is 34.9 Å². The molecule has 2 saturated carbocycles. The van der Waals surface area contributed by atoms with E-state index in [2.05, 4.69) is 29.4 Å². The van der Waals surface area contributed by atoms with Gasteiger partial charge in [0.15, 0.2) is 5.82 Å². The fraction of sp³-hybridized carbons (Fsp3) is 0.692. The third kappa shape index (κ3) is 4.63. The van der Waals surface area contributed by atoms with Crippen molar-refractivity contribution in [3.63, 3.8) is 0 Å². The van der Waals surface area contributed by atoms with E-state index in [0.29, 0.717) is 30.1 Å². The molecule has 2 aromatic rings. The molecule has 33 heavy (non-hydrogen) atoms. The van der Waals surface area contributed by atoms with Gasteiger partial charge in [-0.05, 0) is 56.4 Å². The van der Waals surface area contributed by atoms with Gasteiger partial charge in [-0.15, -0.1) is 0 Å². The van der Waals surface area contributed by atoms with Crippen LogP contribution in [-0.4, -0.2) is 34.7 Å². The molecule has 0 radical (unpaired) electrons. The van der Waals surface area contributed by atoms with Crippen molar-refractivity contribution in [3.8, 4) is 0 Å². The van der Waals surface area contributed by atoms with Gasteiger partial charge in [-0.3, -0.25) is 0 Å². The fourth-order valence-electron chi connectivity index (χ4n) is 6.11. The molecule has 2 atom stereocenters. The lowest BCUT2D eigenvalue weighted by Gasteiger charge is -2.35. The van der Waals surface area contributed by atoms with E-state index in [1.54, 1.807) is 4.31 Å².